The molecule has 2 aromatic carbocycles. The Balaban J connectivity index is 1.85. The van der Waals surface area contributed by atoms with E-state index in [0.29, 0.717) is 13.2 Å². The van der Waals surface area contributed by atoms with Crippen LogP contribution in [0.5, 0.6) is 5.75 Å². The fourth-order valence-corrected chi connectivity index (χ4v) is 2.30. The van der Waals surface area contributed by atoms with Crippen molar-refractivity contribution in [2.75, 3.05) is 13.2 Å². The van der Waals surface area contributed by atoms with Gasteiger partial charge in [-0.3, -0.25) is 10.1 Å². The van der Waals surface area contributed by atoms with Crippen LogP contribution in [0.4, 0.5) is 0 Å². The molecule has 0 saturated heterocycles. The Bertz CT molecular complexity index is 589. The van der Waals surface area contributed by atoms with E-state index in [1.807, 2.05) is 42.5 Å². The average Bonchev–Trinajstić information content (AvgIpc) is 2.48. The van der Waals surface area contributed by atoms with Crippen LogP contribution in [0.3, 0.4) is 0 Å². The molecule has 4 nitrogen and oxygen atoms in total. The Morgan fingerprint density at radius 1 is 1.19 bits per heavy atom. The smallest absolute Gasteiger partial charge is 0.325 e. The molecule has 0 amide bonds. The van der Waals surface area contributed by atoms with Crippen LogP contribution in [0.15, 0.2) is 59.1 Å². The van der Waals surface area contributed by atoms with Gasteiger partial charge in [0.1, 0.15) is 18.4 Å². The molecule has 0 bridgehead atoms. The van der Waals surface area contributed by atoms with Gasteiger partial charge in [0.2, 0.25) is 0 Å². The molecule has 2 N–H and O–H groups in total. The van der Waals surface area contributed by atoms with Gasteiger partial charge in [-0.15, -0.1) is 0 Å². The van der Waals surface area contributed by atoms with Crippen molar-refractivity contribution in [3.8, 4) is 5.75 Å². The van der Waals surface area contributed by atoms with Crippen LogP contribution >= 0.6 is 15.9 Å². The van der Waals surface area contributed by atoms with Gasteiger partial charge in [0.25, 0.3) is 0 Å². The summed E-state index contributed by atoms with van der Waals surface area (Å²) in [5.74, 6) is -0.151. The van der Waals surface area contributed by atoms with E-state index in [2.05, 4.69) is 21.2 Å². The minimum absolute atomic E-state index is 0.396. The van der Waals surface area contributed by atoms with Crippen LogP contribution in [0.1, 0.15) is 11.6 Å². The molecule has 5 heteroatoms. The molecule has 0 aliphatic carbocycles. The van der Waals surface area contributed by atoms with Crippen molar-refractivity contribution in [1.82, 2.24) is 5.32 Å². The van der Waals surface area contributed by atoms with E-state index in [1.54, 1.807) is 12.1 Å². The Morgan fingerprint density at radius 3 is 2.62 bits per heavy atom. The summed E-state index contributed by atoms with van der Waals surface area (Å²) in [5, 5.41) is 12.3. The number of benzene rings is 2. The van der Waals surface area contributed by atoms with Crippen molar-refractivity contribution < 1.29 is 14.6 Å². The van der Waals surface area contributed by atoms with Gasteiger partial charge in [0.05, 0.1) is 0 Å². The maximum Gasteiger partial charge on any atom is 0.325 e. The van der Waals surface area contributed by atoms with Crippen molar-refractivity contribution in [3.05, 3.63) is 64.6 Å². The topological polar surface area (TPSA) is 58.6 Å². The van der Waals surface area contributed by atoms with Crippen LogP contribution in [0.2, 0.25) is 0 Å². The largest absolute Gasteiger partial charge is 0.492 e. The highest BCUT2D eigenvalue weighted by atomic mass is 79.9. The van der Waals surface area contributed by atoms with Crippen LogP contribution in [0.25, 0.3) is 0 Å². The molecule has 2 aromatic rings. The average molecular weight is 350 g/mol. The minimum atomic E-state index is -0.899. The molecule has 0 saturated carbocycles. The lowest BCUT2D eigenvalue weighted by atomic mass is 10.1. The highest BCUT2D eigenvalue weighted by molar-refractivity contribution is 9.10. The summed E-state index contributed by atoms with van der Waals surface area (Å²) in [6.45, 7) is 0.839. The monoisotopic (exact) mass is 349 g/mol. The summed E-state index contributed by atoms with van der Waals surface area (Å²) in [5.41, 5.74) is 0.729. The fraction of sp³-hybridized carbons (Fsp3) is 0.188. The predicted molar refractivity (Wildman–Crippen MR) is 84.5 cm³/mol. The molecular formula is C16H16BrNO3. The standard InChI is InChI=1S/C16H16BrNO3/c17-13-7-4-8-14(11-13)21-10-9-18-15(16(19)20)12-5-2-1-3-6-12/h1-8,11,15,18H,9-10H2,(H,19,20). The van der Waals surface area contributed by atoms with E-state index in [9.17, 15) is 9.90 Å². The Kier molecular flexibility index (Phi) is 5.78. The molecule has 2 rings (SSSR count). The summed E-state index contributed by atoms with van der Waals surface area (Å²) in [7, 11) is 0. The Morgan fingerprint density at radius 2 is 1.95 bits per heavy atom. The summed E-state index contributed by atoms with van der Waals surface area (Å²) in [6, 6.07) is 15.9. The molecule has 0 spiro atoms. The van der Waals surface area contributed by atoms with Gasteiger partial charge >= 0.3 is 5.97 Å². The summed E-state index contributed by atoms with van der Waals surface area (Å²) in [6.07, 6.45) is 0. The van der Waals surface area contributed by atoms with Gasteiger partial charge in [0, 0.05) is 11.0 Å². The zero-order valence-corrected chi connectivity index (χ0v) is 12.9. The first-order valence-electron chi connectivity index (χ1n) is 6.56. The molecule has 21 heavy (non-hydrogen) atoms. The molecule has 0 radical (unpaired) electrons. The number of halogens is 1. The molecule has 1 atom stereocenters. The van der Waals surface area contributed by atoms with Crippen LogP contribution < -0.4 is 10.1 Å². The Labute approximate surface area is 131 Å². The van der Waals surface area contributed by atoms with E-state index in [4.69, 9.17) is 4.74 Å². The van der Waals surface area contributed by atoms with Crippen molar-refractivity contribution in [2.45, 2.75) is 6.04 Å². The second-order valence-electron chi connectivity index (χ2n) is 4.44. The first-order valence-corrected chi connectivity index (χ1v) is 7.35. The summed E-state index contributed by atoms with van der Waals surface area (Å²) in [4.78, 5) is 11.3. The van der Waals surface area contributed by atoms with Crippen molar-refractivity contribution >= 4 is 21.9 Å². The fourth-order valence-electron chi connectivity index (χ4n) is 1.92. The lowest BCUT2D eigenvalue weighted by Gasteiger charge is -2.15. The summed E-state index contributed by atoms with van der Waals surface area (Å²) < 4.78 is 6.51. The molecular weight excluding hydrogens is 334 g/mol. The first-order chi connectivity index (χ1) is 10.2. The van der Waals surface area contributed by atoms with E-state index < -0.39 is 12.0 Å². The van der Waals surface area contributed by atoms with Gasteiger partial charge in [-0.1, -0.05) is 52.3 Å². The van der Waals surface area contributed by atoms with Gasteiger partial charge in [-0.2, -0.15) is 0 Å². The van der Waals surface area contributed by atoms with E-state index >= 15 is 0 Å². The van der Waals surface area contributed by atoms with Crippen LogP contribution in [0, 0.1) is 0 Å². The third kappa shape index (κ3) is 4.88. The third-order valence-corrected chi connectivity index (χ3v) is 3.39. The molecule has 0 aromatic heterocycles. The number of ether oxygens (including phenoxy) is 1. The normalized spacial score (nSPS) is 11.9. The number of aliphatic carboxylic acids is 1. The molecule has 110 valence electrons. The number of carbonyl (C=O) groups is 1. The summed E-state index contributed by atoms with van der Waals surface area (Å²) >= 11 is 3.37. The number of hydrogen-bond donors (Lipinski definition) is 2. The van der Waals surface area contributed by atoms with Crippen molar-refractivity contribution in [3.63, 3.8) is 0 Å². The molecule has 0 aliphatic heterocycles. The number of carboxylic acid groups (broad SMARTS) is 1. The number of rotatable bonds is 7. The van der Waals surface area contributed by atoms with E-state index in [-0.39, 0.29) is 0 Å². The second kappa shape index (κ2) is 7.81. The lowest BCUT2D eigenvalue weighted by molar-refractivity contribution is -0.139. The maximum atomic E-state index is 11.3. The van der Waals surface area contributed by atoms with Crippen LogP contribution in [-0.4, -0.2) is 24.2 Å². The SMILES string of the molecule is O=C(O)C(NCCOc1cccc(Br)c1)c1ccccc1. The van der Waals surface area contributed by atoms with E-state index in [1.165, 1.54) is 0 Å². The first kappa shape index (κ1) is 15.5. The van der Waals surface area contributed by atoms with Gasteiger partial charge in [0.15, 0.2) is 0 Å². The van der Waals surface area contributed by atoms with Gasteiger partial charge < -0.3 is 9.84 Å². The molecule has 0 fully saturated rings. The quantitative estimate of drug-likeness (QED) is 0.753. The van der Waals surface area contributed by atoms with Gasteiger partial charge in [-0.25, -0.2) is 0 Å². The lowest BCUT2D eigenvalue weighted by Crippen LogP contribution is -2.31. The highest BCUT2D eigenvalue weighted by Crippen LogP contribution is 2.17. The number of carboxylic acids is 1. The highest BCUT2D eigenvalue weighted by Gasteiger charge is 2.18. The number of nitrogens with one attached hydrogen (secondary N) is 1. The van der Waals surface area contributed by atoms with Crippen LogP contribution in [-0.2, 0) is 4.79 Å². The Hall–Kier alpha value is -1.85. The zero-order chi connectivity index (χ0) is 15.1. The van der Waals surface area contributed by atoms with Crippen molar-refractivity contribution in [1.29, 1.82) is 0 Å². The molecule has 0 heterocycles. The second-order valence-corrected chi connectivity index (χ2v) is 5.36. The molecule has 0 aliphatic rings. The maximum absolute atomic E-state index is 11.3. The third-order valence-electron chi connectivity index (χ3n) is 2.90. The molecule has 1 unspecified atom stereocenters. The van der Waals surface area contributed by atoms with E-state index in [0.717, 1.165) is 15.8 Å². The number of hydrogen-bond acceptors (Lipinski definition) is 3. The zero-order valence-electron chi connectivity index (χ0n) is 11.3. The minimum Gasteiger partial charge on any atom is -0.492 e. The van der Waals surface area contributed by atoms with Gasteiger partial charge in [-0.05, 0) is 23.8 Å². The predicted octanol–water partition coefficient (Wildman–Crippen LogP) is 3.24. The van der Waals surface area contributed by atoms with Crippen molar-refractivity contribution in [2.24, 2.45) is 0 Å².